The molecule has 1 aromatic heterocycles. The number of nitrogens with zero attached hydrogens (tertiary/aromatic N) is 3. The lowest BCUT2D eigenvalue weighted by Crippen LogP contribution is -2.62. The number of anilines is 9. The summed E-state index contributed by atoms with van der Waals surface area (Å²) >= 11 is 0. The van der Waals surface area contributed by atoms with Gasteiger partial charge < -0.3 is 19.1 Å². The second-order valence-electron chi connectivity index (χ2n) is 28.5. The Labute approximate surface area is 465 Å². The van der Waals surface area contributed by atoms with Gasteiger partial charge in [0.15, 0.2) is 5.58 Å². The lowest BCUT2D eigenvalue weighted by Gasteiger charge is -2.48. The Morgan fingerprint density at radius 1 is 0.436 bits per heavy atom. The number of aryl methyl sites for hydroxylation is 1. The summed E-state index contributed by atoms with van der Waals surface area (Å²) in [7, 11) is 0. The highest BCUT2D eigenvalue weighted by molar-refractivity contribution is 7.00. The quantitative estimate of drug-likeness (QED) is 0.160. The molecule has 3 heterocycles. The Hall–Kier alpha value is -6.98. The van der Waals surface area contributed by atoms with Crippen molar-refractivity contribution < 1.29 is 4.42 Å². The minimum Gasteiger partial charge on any atom is -0.454 e. The summed E-state index contributed by atoms with van der Waals surface area (Å²) in [4.78, 5) is 7.71. The summed E-state index contributed by atoms with van der Waals surface area (Å²) in [5.41, 5.74) is 26.3. The van der Waals surface area contributed by atoms with Crippen LogP contribution in [0.25, 0.3) is 21.9 Å². The van der Waals surface area contributed by atoms with Gasteiger partial charge in [-0.1, -0.05) is 170 Å². The molecule has 0 radical (unpaired) electrons. The number of para-hydroxylation sites is 2. The zero-order valence-electron chi connectivity index (χ0n) is 49.1. The maximum atomic E-state index is 7.07. The van der Waals surface area contributed by atoms with Gasteiger partial charge in [-0.05, 0) is 199 Å². The summed E-state index contributed by atoms with van der Waals surface area (Å²) in [5, 5.41) is 2.24. The van der Waals surface area contributed by atoms with Gasteiger partial charge in [-0.3, -0.25) is 0 Å². The van der Waals surface area contributed by atoms with Crippen LogP contribution in [0.2, 0.25) is 0 Å². The van der Waals surface area contributed by atoms with E-state index >= 15 is 0 Å². The third-order valence-electron chi connectivity index (χ3n) is 19.1. The second kappa shape index (κ2) is 17.0. The summed E-state index contributed by atoms with van der Waals surface area (Å²) in [6, 6.07) is 58.9. The van der Waals surface area contributed by atoms with Gasteiger partial charge in [0, 0.05) is 56.3 Å². The fraction of sp³-hybridized carbons (Fsp3) is 0.342. The van der Waals surface area contributed by atoms with Gasteiger partial charge in [-0.15, -0.1) is 0 Å². The van der Waals surface area contributed by atoms with Gasteiger partial charge in [-0.2, -0.15) is 0 Å². The molecule has 13 rings (SSSR count). The molecule has 0 fully saturated rings. The van der Waals surface area contributed by atoms with E-state index in [1.165, 1.54) is 84.5 Å². The van der Waals surface area contributed by atoms with Crippen molar-refractivity contribution in [2.75, 3.05) is 14.7 Å². The normalized spacial score (nSPS) is 17.6. The van der Waals surface area contributed by atoms with Gasteiger partial charge in [0.2, 0.25) is 0 Å². The third kappa shape index (κ3) is 7.83. The molecule has 5 heteroatoms. The molecular formula is C73H78BN3O. The molecule has 0 unspecified atom stereocenters. The zero-order chi connectivity index (χ0) is 54.8. The Morgan fingerprint density at radius 2 is 0.949 bits per heavy atom. The van der Waals surface area contributed by atoms with Crippen molar-refractivity contribution in [1.82, 2.24) is 0 Å². The number of benzene rings is 8. The molecule has 2 aliphatic heterocycles. The fourth-order valence-electron chi connectivity index (χ4n) is 14.1. The first-order valence-corrected chi connectivity index (χ1v) is 29.0. The third-order valence-corrected chi connectivity index (χ3v) is 19.1. The summed E-state index contributed by atoms with van der Waals surface area (Å²) in [6.45, 7) is 35.8. The average molecular weight is 1020 g/mol. The summed E-state index contributed by atoms with van der Waals surface area (Å²) < 4.78 is 7.07. The SMILES string of the molecule is Cc1cc2c3c(c1)N(c1cccc4c1oc1ccccc14)c1cc(N(c4ccc(C(C)(C)C)cc4)c4ccc(C(C)(C)C)cc4)ccc1B3c1cc3c(cc1N2c1ccc2c(c1)C(C)(C)CCC2(C)C)C(C)(C)CCC3(C)C. The highest BCUT2D eigenvalue weighted by Crippen LogP contribution is 2.54. The highest BCUT2D eigenvalue weighted by Gasteiger charge is 2.48. The van der Waals surface area contributed by atoms with Crippen LogP contribution in [0.4, 0.5) is 51.2 Å². The molecule has 0 atom stereocenters. The molecular weight excluding hydrogens is 946 g/mol. The number of fused-ring (bicyclic) bond motifs is 9. The van der Waals surface area contributed by atoms with Crippen LogP contribution >= 0.6 is 0 Å². The van der Waals surface area contributed by atoms with E-state index in [9.17, 15) is 0 Å². The Morgan fingerprint density at radius 3 is 1.55 bits per heavy atom. The number of furan rings is 1. The average Bonchev–Trinajstić information content (AvgIpc) is 3.77. The minimum absolute atomic E-state index is 0.0123. The van der Waals surface area contributed by atoms with E-state index in [-0.39, 0.29) is 39.2 Å². The zero-order valence-corrected chi connectivity index (χ0v) is 49.1. The van der Waals surface area contributed by atoms with E-state index in [0.717, 1.165) is 69.6 Å². The van der Waals surface area contributed by atoms with Crippen molar-refractivity contribution in [2.45, 2.75) is 162 Å². The van der Waals surface area contributed by atoms with E-state index in [1.807, 2.05) is 0 Å². The molecule has 0 amide bonds. The first-order chi connectivity index (χ1) is 36.8. The Balaban J connectivity index is 1.12. The van der Waals surface area contributed by atoms with Crippen LogP contribution < -0.4 is 31.1 Å². The predicted molar refractivity (Wildman–Crippen MR) is 335 cm³/mol. The van der Waals surface area contributed by atoms with Crippen molar-refractivity contribution >= 4 is 96.2 Å². The number of hydrogen-bond donors (Lipinski definition) is 0. The predicted octanol–water partition coefficient (Wildman–Crippen LogP) is 18.7. The van der Waals surface area contributed by atoms with Gasteiger partial charge >= 0.3 is 0 Å². The van der Waals surface area contributed by atoms with Crippen LogP contribution in [0.15, 0.2) is 156 Å². The monoisotopic (exact) mass is 1020 g/mol. The molecule has 4 nitrogen and oxygen atoms in total. The largest absolute Gasteiger partial charge is 0.454 e. The maximum Gasteiger partial charge on any atom is 0.252 e. The molecule has 0 spiro atoms. The van der Waals surface area contributed by atoms with Crippen molar-refractivity contribution in [3.8, 4) is 0 Å². The van der Waals surface area contributed by atoms with E-state index in [1.54, 1.807) is 0 Å². The first-order valence-electron chi connectivity index (χ1n) is 29.0. The van der Waals surface area contributed by atoms with Crippen LogP contribution in [0.3, 0.4) is 0 Å². The topological polar surface area (TPSA) is 22.9 Å². The Bertz CT molecular complexity index is 3850. The lowest BCUT2D eigenvalue weighted by molar-refractivity contribution is 0.332. The molecule has 0 saturated heterocycles. The van der Waals surface area contributed by atoms with E-state index in [4.69, 9.17) is 4.42 Å². The van der Waals surface area contributed by atoms with Crippen LogP contribution in [0.5, 0.6) is 0 Å². The van der Waals surface area contributed by atoms with E-state index < -0.39 is 0 Å². The summed E-state index contributed by atoms with van der Waals surface area (Å²) in [5.74, 6) is 0. The van der Waals surface area contributed by atoms with Crippen molar-refractivity contribution in [1.29, 1.82) is 0 Å². The number of rotatable bonds is 5. The molecule has 0 saturated carbocycles. The molecule has 9 aromatic rings. The maximum absolute atomic E-state index is 7.07. The first kappa shape index (κ1) is 50.5. The molecule has 2 aliphatic carbocycles. The van der Waals surface area contributed by atoms with Crippen LogP contribution in [-0.2, 0) is 32.5 Å². The highest BCUT2D eigenvalue weighted by atomic mass is 16.3. The molecule has 4 aliphatic rings. The lowest BCUT2D eigenvalue weighted by atomic mass is 9.33. The Kier molecular flexibility index (Phi) is 11.0. The fourth-order valence-corrected chi connectivity index (χ4v) is 14.1. The molecule has 78 heavy (non-hydrogen) atoms. The van der Waals surface area contributed by atoms with Crippen molar-refractivity contribution in [3.05, 3.63) is 191 Å². The number of hydrogen-bond acceptors (Lipinski definition) is 4. The van der Waals surface area contributed by atoms with Gasteiger partial charge in [0.05, 0.1) is 5.69 Å². The standard InChI is InChI=1S/C73H78BN3O/c1-45-39-63-66-64(40-45)77(60-21-18-20-53-52-19-16-17-22-65(52)78-67(53)60)61-42-51(75(48-27-23-46(24-28-48)68(2,3)4)49-29-25-47(26-30-49)69(5,6)7)32-34-58(61)74(66)59-43-56-57(73(14,15)38-37-72(56,12)13)44-62(59)76(63)50-31-33-54-55(41-50)71(10,11)36-35-70(54,8)9/h16-34,39-44H,35-38H2,1-15H3. The molecule has 0 bridgehead atoms. The summed E-state index contributed by atoms with van der Waals surface area (Å²) in [6.07, 6.45) is 4.65. The van der Waals surface area contributed by atoms with Gasteiger partial charge in [-0.25, -0.2) is 0 Å². The van der Waals surface area contributed by atoms with Gasteiger partial charge in [0.25, 0.3) is 6.71 Å². The van der Waals surface area contributed by atoms with E-state index in [2.05, 4.69) is 270 Å². The van der Waals surface area contributed by atoms with Crippen molar-refractivity contribution in [3.63, 3.8) is 0 Å². The van der Waals surface area contributed by atoms with Crippen molar-refractivity contribution in [2.24, 2.45) is 0 Å². The second-order valence-corrected chi connectivity index (χ2v) is 28.5. The molecule has 394 valence electrons. The van der Waals surface area contributed by atoms with Crippen LogP contribution in [0, 0.1) is 6.92 Å². The smallest absolute Gasteiger partial charge is 0.252 e. The van der Waals surface area contributed by atoms with Crippen LogP contribution in [0.1, 0.15) is 162 Å². The molecule has 0 N–H and O–H groups in total. The van der Waals surface area contributed by atoms with E-state index in [0.29, 0.717) is 0 Å². The molecule has 8 aromatic carbocycles. The van der Waals surface area contributed by atoms with Gasteiger partial charge in [0.1, 0.15) is 5.58 Å². The minimum atomic E-state index is -0.0539. The van der Waals surface area contributed by atoms with Crippen LogP contribution in [-0.4, -0.2) is 6.71 Å².